The van der Waals surface area contributed by atoms with Crippen LogP contribution in [0.5, 0.6) is 0 Å². The number of aliphatic hydroxyl groups excluding tert-OH is 1. The molecule has 1 saturated carbocycles. The van der Waals surface area contributed by atoms with Crippen molar-refractivity contribution in [3.8, 4) is 0 Å². The van der Waals surface area contributed by atoms with Crippen molar-refractivity contribution < 1.29 is 9.90 Å². The first-order valence-electron chi connectivity index (χ1n) is 5.30. The number of amides is 1. The van der Waals surface area contributed by atoms with Crippen LogP contribution in [0, 0.1) is 5.41 Å². The number of carbonyl (C=O) groups excluding carboxylic acids is 1. The molecule has 0 bridgehead atoms. The van der Waals surface area contributed by atoms with Gasteiger partial charge in [0.05, 0.1) is 12.0 Å². The second-order valence-corrected chi connectivity index (χ2v) is 4.68. The molecule has 1 aromatic carbocycles. The van der Waals surface area contributed by atoms with Crippen LogP contribution >= 0.6 is 11.6 Å². The van der Waals surface area contributed by atoms with Crippen LogP contribution in [-0.2, 0) is 11.3 Å². The van der Waals surface area contributed by atoms with Crippen molar-refractivity contribution in [2.75, 3.05) is 6.61 Å². The van der Waals surface area contributed by atoms with Crippen LogP contribution in [-0.4, -0.2) is 17.6 Å². The summed E-state index contributed by atoms with van der Waals surface area (Å²) in [6.07, 6.45) is 1.58. The standard InChI is InChI=1S/C12H14ClNO2/c13-10-3-1-9(2-4-10)7-14-11(16)12(8-15)5-6-12/h1-4,15H,5-8H2,(H,14,16). The van der Waals surface area contributed by atoms with Crippen LogP contribution in [0.1, 0.15) is 18.4 Å². The van der Waals surface area contributed by atoms with Crippen LogP contribution in [0.25, 0.3) is 0 Å². The molecule has 16 heavy (non-hydrogen) atoms. The molecule has 1 amide bonds. The van der Waals surface area contributed by atoms with E-state index in [9.17, 15) is 4.79 Å². The van der Waals surface area contributed by atoms with Gasteiger partial charge in [-0.05, 0) is 30.5 Å². The van der Waals surface area contributed by atoms with Gasteiger partial charge in [0.15, 0.2) is 0 Å². The summed E-state index contributed by atoms with van der Waals surface area (Å²) < 4.78 is 0. The van der Waals surface area contributed by atoms with Gasteiger partial charge in [-0.25, -0.2) is 0 Å². The highest BCUT2D eigenvalue weighted by Gasteiger charge is 2.49. The summed E-state index contributed by atoms with van der Waals surface area (Å²) in [5.41, 5.74) is 0.512. The molecule has 0 atom stereocenters. The van der Waals surface area contributed by atoms with E-state index in [-0.39, 0.29) is 12.5 Å². The number of benzene rings is 1. The average Bonchev–Trinajstić information content (AvgIpc) is 3.09. The lowest BCUT2D eigenvalue weighted by atomic mass is 10.1. The van der Waals surface area contributed by atoms with E-state index in [1.54, 1.807) is 12.1 Å². The fourth-order valence-electron chi connectivity index (χ4n) is 1.58. The number of aliphatic hydroxyl groups is 1. The predicted molar refractivity (Wildman–Crippen MR) is 62.1 cm³/mol. The van der Waals surface area contributed by atoms with Crippen molar-refractivity contribution >= 4 is 17.5 Å². The van der Waals surface area contributed by atoms with Gasteiger partial charge in [-0.15, -0.1) is 0 Å². The van der Waals surface area contributed by atoms with E-state index in [1.165, 1.54) is 0 Å². The normalized spacial score (nSPS) is 16.9. The third-order valence-electron chi connectivity index (χ3n) is 3.00. The SMILES string of the molecule is O=C(NCc1ccc(Cl)cc1)C1(CO)CC1. The molecular formula is C12H14ClNO2. The number of nitrogens with one attached hydrogen (secondary N) is 1. The van der Waals surface area contributed by atoms with E-state index in [4.69, 9.17) is 16.7 Å². The van der Waals surface area contributed by atoms with Crippen molar-refractivity contribution in [3.05, 3.63) is 34.9 Å². The van der Waals surface area contributed by atoms with Gasteiger partial charge in [0, 0.05) is 11.6 Å². The fraction of sp³-hybridized carbons (Fsp3) is 0.417. The Hall–Kier alpha value is -1.06. The number of hydrogen-bond acceptors (Lipinski definition) is 2. The monoisotopic (exact) mass is 239 g/mol. The van der Waals surface area contributed by atoms with Gasteiger partial charge in [-0.2, -0.15) is 0 Å². The molecule has 3 nitrogen and oxygen atoms in total. The molecular weight excluding hydrogens is 226 g/mol. The first-order valence-corrected chi connectivity index (χ1v) is 5.68. The molecule has 0 spiro atoms. The molecule has 0 unspecified atom stereocenters. The highest BCUT2D eigenvalue weighted by Crippen LogP contribution is 2.45. The van der Waals surface area contributed by atoms with E-state index < -0.39 is 5.41 Å². The summed E-state index contributed by atoms with van der Waals surface area (Å²) in [7, 11) is 0. The third kappa shape index (κ3) is 2.36. The maximum atomic E-state index is 11.7. The molecule has 1 aliphatic carbocycles. The van der Waals surface area contributed by atoms with Crippen molar-refractivity contribution in [3.63, 3.8) is 0 Å². The quantitative estimate of drug-likeness (QED) is 0.841. The van der Waals surface area contributed by atoms with E-state index >= 15 is 0 Å². The Labute approximate surface area is 99.4 Å². The summed E-state index contributed by atoms with van der Waals surface area (Å²) in [5.74, 6) is -0.0510. The molecule has 0 saturated heterocycles. The number of rotatable bonds is 4. The Bertz CT molecular complexity index is 385. The van der Waals surface area contributed by atoms with Crippen LogP contribution in [0.4, 0.5) is 0 Å². The third-order valence-corrected chi connectivity index (χ3v) is 3.26. The van der Waals surface area contributed by atoms with Gasteiger partial charge in [-0.1, -0.05) is 23.7 Å². The number of hydrogen-bond donors (Lipinski definition) is 2. The topological polar surface area (TPSA) is 49.3 Å². The number of carbonyl (C=O) groups is 1. The summed E-state index contributed by atoms with van der Waals surface area (Å²) in [6, 6.07) is 7.34. The van der Waals surface area contributed by atoms with Gasteiger partial charge in [0.1, 0.15) is 0 Å². The van der Waals surface area contributed by atoms with Gasteiger partial charge in [0.2, 0.25) is 5.91 Å². The molecule has 0 aliphatic heterocycles. The first kappa shape index (κ1) is 11.4. The molecule has 0 aromatic heterocycles. The zero-order valence-electron chi connectivity index (χ0n) is 8.87. The van der Waals surface area contributed by atoms with Crippen molar-refractivity contribution in [2.24, 2.45) is 5.41 Å². The van der Waals surface area contributed by atoms with Crippen molar-refractivity contribution in [1.29, 1.82) is 0 Å². The first-order chi connectivity index (χ1) is 7.66. The minimum absolute atomic E-state index is 0.0510. The second-order valence-electron chi connectivity index (χ2n) is 4.25. The summed E-state index contributed by atoms with van der Waals surface area (Å²) >= 11 is 5.76. The molecule has 4 heteroatoms. The van der Waals surface area contributed by atoms with E-state index in [1.807, 2.05) is 12.1 Å². The summed E-state index contributed by atoms with van der Waals surface area (Å²) in [4.78, 5) is 11.7. The van der Waals surface area contributed by atoms with Crippen LogP contribution in [0.2, 0.25) is 5.02 Å². The lowest BCUT2D eigenvalue weighted by Gasteiger charge is -2.12. The van der Waals surface area contributed by atoms with E-state index in [0.29, 0.717) is 11.6 Å². The minimum atomic E-state index is -0.494. The minimum Gasteiger partial charge on any atom is -0.395 e. The molecule has 0 heterocycles. The Morgan fingerprint density at radius 3 is 2.50 bits per heavy atom. The molecule has 0 radical (unpaired) electrons. The smallest absolute Gasteiger partial charge is 0.228 e. The Morgan fingerprint density at radius 1 is 1.38 bits per heavy atom. The zero-order chi connectivity index (χ0) is 11.6. The lowest BCUT2D eigenvalue weighted by molar-refractivity contribution is -0.127. The highest BCUT2D eigenvalue weighted by molar-refractivity contribution is 6.30. The lowest BCUT2D eigenvalue weighted by Crippen LogP contribution is -2.33. The summed E-state index contributed by atoms with van der Waals surface area (Å²) in [5, 5.41) is 12.6. The van der Waals surface area contributed by atoms with Gasteiger partial charge in [-0.3, -0.25) is 4.79 Å². The van der Waals surface area contributed by atoms with Gasteiger partial charge >= 0.3 is 0 Å². The summed E-state index contributed by atoms with van der Waals surface area (Å²) in [6.45, 7) is 0.428. The van der Waals surface area contributed by atoms with Gasteiger partial charge in [0.25, 0.3) is 0 Å². The van der Waals surface area contributed by atoms with Crippen LogP contribution in [0.15, 0.2) is 24.3 Å². The molecule has 2 N–H and O–H groups in total. The number of halogens is 1. The second kappa shape index (κ2) is 4.44. The maximum Gasteiger partial charge on any atom is 0.228 e. The van der Waals surface area contributed by atoms with Crippen LogP contribution < -0.4 is 5.32 Å². The zero-order valence-corrected chi connectivity index (χ0v) is 9.63. The molecule has 1 aliphatic rings. The maximum absolute atomic E-state index is 11.7. The average molecular weight is 240 g/mol. The Morgan fingerprint density at radius 2 is 2.00 bits per heavy atom. The van der Waals surface area contributed by atoms with Crippen molar-refractivity contribution in [1.82, 2.24) is 5.32 Å². The Balaban J connectivity index is 1.88. The van der Waals surface area contributed by atoms with Crippen LogP contribution in [0.3, 0.4) is 0 Å². The molecule has 1 fully saturated rings. The van der Waals surface area contributed by atoms with Crippen molar-refractivity contribution in [2.45, 2.75) is 19.4 Å². The predicted octanol–water partition coefficient (Wildman–Crippen LogP) is 1.73. The fourth-order valence-corrected chi connectivity index (χ4v) is 1.71. The van der Waals surface area contributed by atoms with E-state index in [0.717, 1.165) is 18.4 Å². The largest absolute Gasteiger partial charge is 0.395 e. The van der Waals surface area contributed by atoms with Gasteiger partial charge < -0.3 is 10.4 Å². The van der Waals surface area contributed by atoms with E-state index in [2.05, 4.69) is 5.32 Å². The highest BCUT2D eigenvalue weighted by atomic mass is 35.5. The molecule has 1 aromatic rings. The molecule has 86 valence electrons. The Kier molecular flexibility index (Phi) is 3.17. The molecule has 2 rings (SSSR count).